The van der Waals surface area contributed by atoms with Crippen LogP contribution in [0, 0.1) is 0 Å². The summed E-state index contributed by atoms with van der Waals surface area (Å²) >= 11 is 0. The molecule has 0 aliphatic carbocycles. The Bertz CT molecular complexity index is 960. The molecule has 2 heterocycles. The van der Waals surface area contributed by atoms with Gasteiger partial charge in [-0.15, -0.1) is 0 Å². The van der Waals surface area contributed by atoms with Crippen molar-refractivity contribution in [1.29, 1.82) is 0 Å². The lowest BCUT2D eigenvalue weighted by Gasteiger charge is -2.11. The molecule has 26 heavy (non-hydrogen) atoms. The standard InChI is InChI=1S/C19H15F3N2O2/c1-13(25)15-11-23-24-16(15)7-8-18(17(24)9-10-19(20,21)22)26-12-14-5-3-2-4-6-14/h2-11H,12H2,1H3/b10-9+. The molecule has 0 spiro atoms. The number of hydrogen-bond donors (Lipinski definition) is 0. The van der Waals surface area contributed by atoms with Crippen LogP contribution in [0.2, 0.25) is 0 Å². The largest absolute Gasteiger partial charge is 0.487 e. The van der Waals surface area contributed by atoms with Crippen molar-refractivity contribution in [3.8, 4) is 5.75 Å². The summed E-state index contributed by atoms with van der Waals surface area (Å²) in [5, 5.41) is 4.05. The zero-order chi connectivity index (χ0) is 18.7. The average molecular weight is 360 g/mol. The number of carbonyl (C=O) groups excluding carboxylic acids is 1. The predicted molar refractivity (Wildman–Crippen MR) is 91.1 cm³/mol. The summed E-state index contributed by atoms with van der Waals surface area (Å²) in [7, 11) is 0. The molecule has 2 aromatic heterocycles. The van der Waals surface area contributed by atoms with E-state index < -0.39 is 6.18 Å². The summed E-state index contributed by atoms with van der Waals surface area (Å²) in [6.45, 7) is 1.57. The van der Waals surface area contributed by atoms with Crippen molar-refractivity contribution >= 4 is 17.4 Å². The molecule has 4 nitrogen and oxygen atoms in total. The van der Waals surface area contributed by atoms with E-state index in [0.29, 0.717) is 11.1 Å². The van der Waals surface area contributed by atoms with Crippen molar-refractivity contribution in [2.24, 2.45) is 0 Å². The Balaban J connectivity index is 2.03. The molecular weight excluding hydrogens is 345 g/mol. The molecule has 7 heteroatoms. The molecule has 0 N–H and O–H groups in total. The molecule has 0 bridgehead atoms. The van der Waals surface area contributed by atoms with Gasteiger partial charge in [-0.1, -0.05) is 30.3 Å². The maximum Gasteiger partial charge on any atom is 0.409 e. The summed E-state index contributed by atoms with van der Waals surface area (Å²) < 4.78 is 44.9. The minimum Gasteiger partial charge on any atom is -0.487 e. The van der Waals surface area contributed by atoms with Gasteiger partial charge in [0, 0.05) is 6.08 Å². The zero-order valence-electron chi connectivity index (χ0n) is 13.8. The highest BCUT2D eigenvalue weighted by Gasteiger charge is 2.23. The second-order valence-corrected chi connectivity index (χ2v) is 5.64. The van der Waals surface area contributed by atoms with Crippen LogP contribution < -0.4 is 4.74 Å². The van der Waals surface area contributed by atoms with Gasteiger partial charge in [0.05, 0.1) is 17.3 Å². The van der Waals surface area contributed by atoms with E-state index in [1.165, 1.54) is 17.6 Å². The van der Waals surface area contributed by atoms with Crippen LogP contribution in [0.1, 0.15) is 28.5 Å². The van der Waals surface area contributed by atoms with Crippen LogP contribution in [0.4, 0.5) is 13.2 Å². The number of Topliss-reactive ketones (excluding diaryl/α,β-unsaturated/α-hetero) is 1. The number of benzene rings is 1. The number of ether oxygens (including phenoxy) is 1. The first kappa shape index (κ1) is 17.7. The SMILES string of the molecule is CC(=O)c1cnn2c(/C=C/C(F)(F)F)c(OCc3ccccc3)ccc12. The zero-order valence-corrected chi connectivity index (χ0v) is 13.8. The monoisotopic (exact) mass is 360 g/mol. The number of halogens is 3. The Kier molecular flexibility index (Phi) is 4.79. The topological polar surface area (TPSA) is 43.6 Å². The Morgan fingerprint density at radius 3 is 2.58 bits per heavy atom. The number of fused-ring (bicyclic) bond motifs is 1. The van der Waals surface area contributed by atoms with Gasteiger partial charge >= 0.3 is 6.18 Å². The number of hydrogen-bond acceptors (Lipinski definition) is 3. The van der Waals surface area contributed by atoms with Gasteiger partial charge < -0.3 is 4.74 Å². The first-order valence-electron chi connectivity index (χ1n) is 7.79. The highest BCUT2D eigenvalue weighted by molar-refractivity contribution is 6.00. The molecule has 0 aliphatic heterocycles. The fraction of sp³-hybridized carbons (Fsp3) is 0.158. The van der Waals surface area contributed by atoms with E-state index in [4.69, 9.17) is 4.74 Å². The van der Waals surface area contributed by atoms with Gasteiger partial charge in [-0.05, 0) is 30.7 Å². The summed E-state index contributed by atoms with van der Waals surface area (Å²) in [5.41, 5.74) is 1.75. The fourth-order valence-electron chi connectivity index (χ4n) is 2.51. The second kappa shape index (κ2) is 7.03. The molecule has 0 radical (unpaired) electrons. The highest BCUT2D eigenvalue weighted by atomic mass is 19.4. The van der Waals surface area contributed by atoms with E-state index in [1.54, 1.807) is 12.1 Å². The van der Waals surface area contributed by atoms with Crippen LogP contribution >= 0.6 is 0 Å². The maximum atomic E-state index is 12.6. The third kappa shape index (κ3) is 3.93. The third-order valence-corrected chi connectivity index (χ3v) is 3.73. The number of alkyl halides is 3. The van der Waals surface area contributed by atoms with E-state index in [0.717, 1.165) is 11.6 Å². The molecule has 0 aliphatic rings. The van der Waals surface area contributed by atoms with Crippen molar-refractivity contribution in [3.63, 3.8) is 0 Å². The van der Waals surface area contributed by atoms with Gasteiger partial charge in [-0.3, -0.25) is 4.79 Å². The van der Waals surface area contributed by atoms with Gasteiger partial charge in [0.25, 0.3) is 0 Å². The lowest BCUT2D eigenvalue weighted by atomic mass is 10.2. The molecule has 3 rings (SSSR count). The Hall–Kier alpha value is -3.09. The van der Waals surface area contributed by atoms with Crippen LogP contribution in [0.25, 0.3) is 11.6 Å². The number of carbonyl (C=O) groups is 1. The van der Waals surface area contributed by atoms with E-state index in [1.807, 2.05) is 30.3 Å². The van der Waals surface area contributed by atoms with Gasteiger partial charge in [0.2, 0.25) is 0 Å². The van der Waals surface area contributed by atoms with Gasteiger partial charge in [-0.2, -0.15) is 18.3 Å². The molecule has 1 aromatic carbocycles. The number of ketones is 1. The molecule has 0 saturated heterocycles. The highest BCUT2D eigenvalue weighted by Crippen LogP contribution is 2.27. The Labute approximate surface area is 147 Å². The van der Waals surface area contributed by atoms with Crippen LogP contribution in [-0.4, -0.2) is 21.6 Å². The van der Waals surface area contributed by atoms with Crippen LogP contribution in [0.5, 0.6) is 5.75 Å². The van der Waals surface area contributed by atoms with Crippen molar-refractivity contribution in [2.75, 3.05) is 0 Å². The van der Waals surface area contributed by atoms with Crippen LogP contribution in [-0.2, 0) is 6.61 Å². The first-order valence-corrected chi connectivity index (χ1v) is 7.79. The summed E-state index contributed by atoms with van der Waals surface area (Å²) in [5.74, 6) is 0.0174. The number of rotatable bonds is 5. The summed E-state index contributed by atoms with van der Waals surface area (Å²) in [6, 6.07) is 12.4. The number of aromatic nitrogens is 2. The molecule has 0 saturated carbocycles. The van der Waals surface area contributed by atoms with Gasteiger partial charge in [0.1, 0.15) is 18.1 Å². The Morgan fingerprint density at radius 1 is 1.19 bits per heavy atom. The van der Waals surface area contributed by atoms with E-state index in [9.17, 15) is 18.0 Å². The lowest BCUT2D eigenvalue weighted by molar-refractivity contribution is -0.0790. The molecule has 0 unspecified atom stereocenters. The van der Waals surface area contributed by atoms with Crippen LogP contribution in [0.15, 0.2) is 54.7 Å². The molecule has 3 aromatic rings. The number of allylic oxidation sites excluding steroid dienone is 1. The molecule has 0 atom stereocenters. The fourth-order valence-corrected chi connectivity index (χ4v) is 2.51. The van der Waals surface area contributed by atoms with Crippen molar-refractivity contribution < 1.29 is 22.7 Å². The van der Waals surface area contributed by atoms with E-state index >= 15 is 0 Å². The Morgan fingerprint density at radius 2 is 1.92 bits per heavy atom. The lowest BCUT2D eigenvalue weighted by Crippen LogP contribution is -2.04. The van der Waals surface area contributed by atoms with Crippen LogP contribution in [0.3, 0.4) is 0 Å². The average Bonchev–Trinajstić information content (AvgIpc) is 3.03. The number of pyridine rings is 1. The predicted octanol–water partition coefficient (Wildman–Crippen LogP) is 4.69. The summed E-state index contributed by atoms with van der Waals surface area (Å²) in [6.07, 6.45) is -2.13. The van der Waals surface area contributed by atoms with Crippen molar-refractivity contribution in [3.05, 3.63) is 71.6 Å². The van der Waals surface area contributed by atoms with Crippen molar-refractivity contribution in [1.82, 2.24) is 9.61 Å². The minimum atomic E-state index is -4.48. The van der Waals surface area contributed by atoms with Crippen molar-refractivity contribution in [2.45, 2.75) is 19.7 Å². The minimum absolute atomic E-state index is 0.114. The molecule has 0 fully saturated rings. The molecule has 0 amide bonds. The molecular formula is C19H15F3N2O2. The smallest absolute Gasteiger partial charge is 0.409 e. The third-order valence-electron chi connectivity index (χ3n) is 3.73. The number of nitrogens with zero attached hydrogens (tertiary/aromatic N) is 2. The van der Waals surface area contributed by atoms with Gasteiger partial charge in [-0.25, -0.2) is 4.52 Å². The van der Waals surface area contributed by atoms with E-state index in [2.05, 4.69) is 5.10 Å². The van der Waals surface area contributed by atoms with Gasteiger partial charge in [0.15, 0.2) is 5.78 Å². The summed E-state index contributed by atoms with van der Waals surface area (Å²) in [4.78, 5) is 11.7. The normalized spacial score (nSPS) is 12.0. The first-order chi connectivity index (χ1) is 12.3. The second-order valence-electron chi connectivity index (χ2n) is 5.64. The maximum absolute atomic E-state index is 12.6. The molecule has 134 valence electrons. The quantitative estimate of drug-likeness (QED) is 0.620. The van der Waals surface area contributed by atoms with E-state index in [-0.39, 0.29) is 29.9 Å².